The highest BCUT2D eigenvalue weighted by molar-refractivity contribution is 6.08. The normalized spacial score (nSPS) is 21.9. The zero-order valence-corrected chi connectivity index (χ0v) is 9.49. The Balaban J connectivity index is 2.14. The lowest BCUT2D eigenvalue weighted by atomic mass is 10.0. The van der Waals surface area contributed by atoms with Crippen LogP contribution >= 0.6 is 0 Å². The van der Waals surface area contributed by atoms with Gasteiger partial charge in [0.25, 0.3) is 0 Å². The molecule has 0 aromatic heterocycles. The van der Waals surface area contributed by atoms with E-state index in [9.17, 15) is 9.59 Å². The van der Waals surface area contributed by atoms with Crippen molar-refractivity contribution in [2.45, 2.75) is 38.1 Å². The molecule has 0 bridgehead atoms. The Morgan fingerprint density at radius 2 is 2.33 bits per heavy atom. The number of hydrogen-bond donors (Lipinski definition) is 0. The van der Waals surface area contributed by atoms with Crippen LogP contribution in [-0.2, 0) is 14.3 Å². The number of ketones is 1. The van der Waals surface area contributed by atoms with Gasteiger partial charge in [-0.15, -0.1) is 0 Å². The Morgan fingerprint density at radius 3 is 2.87 bits per heavy atom. The summed E-state index contributed by atoms with van der Waals surface area (Å²) in [6.07, 6.45) is 3.73. The van der Waals surface area contributed by atoms with Gasteiger partial charge in [0.15, 0.2) is 7.98 Å². The number of nitrogens with zero attached hydrogens (tertiary/aromatic N) is 1. The molecule has 0 aromatic carbocycles. The van der Waals surface area contributed by atoms with Crippen molar-refractivity contribution in [3.05, 3.63) is 0 Å². The van der Waals surface area contributed by atoms with Crippen molar-refractivity contribution >= 4 is 19.7 Å². The molecule has 4 nitrogen and oxygen atoms in total. The average molecular weight is 211 g/mol. The minimum absolute atomic E-state index is 0.0858. The van der Waals surface area contributed by atoms with Crippen molar-refractivity contribution in [1.82, 2.24) is 4.81 Å². The molecule has 1 heterocycles. The van der Waals surface area contributed by atoms with E-state index >= 15 is 0 Å². The Hall–Kier alpha value is -0.835. The minimum Gasteiger partial charge on any atom is -0.469 e. The fourth-order valence-electron chi connectivity index (χ4n) is 1.95. The number of hydrogen-bond acceptors (Lipinski definition) is 4. The van der Waals surface area contributed by atoms with Gasteiger partial charge in [-0.2, -0.15) is 0 Å². The van der Waals surface area contributed by atoms with E-state index in [1.54, 1.807) is 0 Å². The van der Waals surface area contributed by atoms with Crippen LogP contribution in [0.3, 0.4) is 0 Å². The highest BCUT2D eigenvalue weighted by Crippen LogP contribution is 2.17. The van der Waals surface area contributed by atoms with Crippen LogP contribution in [0.25, 0.3) is 0 Å². The van der Waals surface area contributed by atoms with Gasteiger partial charge in [-0.1, -0.05) is 6.42 Å². The number of carbonyl (C=O) groups is 2. The van der Waals surface area contributed by atoms with Gasteiger partial charge in [-0.05, 0) is 19.4 Å². The molecule has 0 N–H and O–H groups in total. The summed E-state index contributed by atoms with van der Waals surface area (Å²) >= 11 is 0. The molecular weight excluding hydrogens is 193 g/mol. The summed E-state index contributed by atoms with van der Waals surface area (Å²) in [6.45, 7) is 0.875. The number of unbranched alkanes of at least 4 members (excludes halogenated alkanes) is 1. The molecule has 0 aromatic rings. The summed E-state index contributed by atoms with van der Waals surface area (Å²) in [6, 6.07) is 0.0858. The molecule has 1 aliphatic rings. The molecule has 0 amide bonds. The molecule has 1 atom stereocenters. The smallest absolute Gasteiger partial charge is 0.305 e. The maximum Gasteiger partial charge on any atom is 0.305 e. The van der Waals surface area contributed by atoms with Crippen molar-refractivity contribution in [3.63, 3.8) is 0 Å². The van der Waals surface area contributed by atoms with E-state index in [4.69, 9.17) is 0 Å². The Morgan fingerprint density at radius 1 is 1.60 bits per heavy atom. The van der Waals surface area contributed by atoms with E-state index in [1.807, 2.05) is 7.98 Å². The molecule has 5 heteroatoms. The van der Waals surface area contributed by atoms with Crippen molar-refractivity contribution in [2.24, 2.45) is 0 Å². The van der Waals surface area contributed by atoms with Crippen molar-refractivity contribution in [1.29, 1.82) is 0 Å². The second-order valence-electron chi connectivity index (χ2n) is 4.03. The zero-order chi connectivity index (χ0) is 11.3. The van der Waals surface area contributed by atoms with Crippen LogP contribution in [0, 0.1) is 0 Å². The first-order valence-electron chi connectivity index (χ1n) is 5.45. The lowest BCUT2D eigenvalue weighted by Crippen LogP contribution is -2.30. The molecule has 0 unspecified atom stereocenters. The van der Waals surface area contributed by atoms with E-state index in [1.165, 1.54) is 7.11 Å². The van der Waals surface area contributed by atoms with Crippen molar-refractivity contribution in [3.8, 4) is 0 Å². The van der Waals surface area contributed by atoms with E-state index in [-0.39, 0.29) is 12.0 Å². The number of methoxy groups -OCH3 is 1. The molecule has 1 saturated heterocycles. The van der Waals surface area contributed by atoms with E-state index < -0.39 is 0 Å². The summed E-state index contributed by atoms with van der Waals surface area (Å²) < 4.78 is 4.55. The van der Waals surface area contributed by atoms with Crippen LogP contribution in [0.1, 0.15) is 32.1 Å². The van der Waals surface area contributed by atoms with Crippen LogP contribution in [0.4, 0.5) is 0 Å². The summed E-state index contributed by atoms with van der Waals surface area (Å²) in [4.78, 5) is 24.4. The second kappa shape index (κ2) is 5.90. The van der Waals surface area contributed by atoms with E-state index in [0.717, 1.165) is 25.8 Å². The second-order valence-corrected chi connectivity index (χ2v) is 4.03. The lowest BCUT2D eigenvalue weighted by Gasteiger charge is -2.17. The van der Waals surface area contributed by atoms with Crippen LogP contribution in [0.15, 0.2) is 0 Å². The first-order valence-corrected chi connectivity index (χ1v) is 5.45. The third-order valence-electron chi connectivity index (χ3n) is 2.95. The highest BCUT2D eigenvalue weighted by atomic mass is 16.5. The molecule has 0 spiro atoms. The molecule has 0 aliphatic carbocycles. The van der Waals surface area contributed by atoms with Gasteiger partial charge < -0.3 is 9.55 Å². The minimum atomic E-state index is -0.166. The maximum atomic E-state index is 11.4. The molecular formula is C10H18BNO3. The van der Waals surface area contributed by atoms with Gasteiger partial charge in [0.05, 0.1) is 13.2 Å². The van der Waals surface area contributed by atoms with Gasteiger partial charge in [0.2, 0.25) is 0 Å². The molecule has 0 saturated carbocycles. The summed E-state index contributed by atoms with van der Waals surface area (Å²) in [7, 11) is 3.38. The Bertz CT molecular complexity index is 245. The van der Waals surface area contributed by atoms with Crippen molar-refractivity contribution < 1.29 is 14.3 Å². The number of esters is 1. The summed E-state index contributed by atoms with van der Waals surface area (Å²) in [5.41, 5.74) is 0. The topological polar surface area (TPSA) is 46.6 Å². The third-order valence-corrected chi connectivity index (χ3v) is 2.95. The van der Waals surface area contributed by atoms with Crippen molar-refractivity contribution in [2.75, 3.05) is 13.7 Å². The fraction of sp³-hybridized carbons (Fsp3) is 0.800. The third kappa shape index (κ3) is 3.66. The molecule has 1 fully saturated rings. The molecule has 15 heavy (non-hydrogen) atoms. The summed E-state index contributed by atoms with van der Waals surface area (Å²) in [5.74, 6) is 0.177. The SMILES string of the molecule is BN1CCC(=O)[C@@H]1CCCCC(=O)OC. The van der Waals surface area contributed by atoms with Gasteiger partial charge in [-0.3, -0.25) is 9.59 Å². The number of Topliss-reactive ketones (excluding diaryl/α,β-unsaturated/α-hetero) is 1. The highest BCUT2D eigenvalue weighted by Gasteiger charge is 2.28. The standard InChI is InChI=1S/C10H18BNO3/c1-15-10(14)5-3-2-4-8-9(13)6-7-12(8)11/h8H,2-7,11H2,1H3/t8-/m0/s1. The Kier molecular flexibility index (Phi) is 4.82. The predicted octanol–water partition coefficient (Wildman–Crippen LogP) is -0.0887. The fourth-order valence-corrected chi connectivity index (χ4v) is 1.95. The lowest BCUT2D eigenvalue weighted by molar-refractivity contribution is -0.140. The van der Waals surface area contributed by atoms with Crippen LogP contribution in [0.5, 0.6) is 0 Å². The number of ether oxygens (including phenoxy) is 1. The van der Waals surface area contributed by atoms with Gasteiger partial charge >= 0.3 is 5.97 Å². The average Bonchev–Trinajstić information content (AvgIpc) is 2.54. The van der Waals surface area contributed by atoms with Gasteiger partial charge in [0, 0.05) is 12.8 Å². The quantitative estimate of drug-likeness (QED) is 0.362. The molecule has 84 valence electrons. The van der Waals surface area contributed by atoms with E-state index in [0.29, 0.717) is 18.6 Å². The monoisotopic (exact) mass is 211 g/mol. The molecule has 1 aliphatic heterocycles. The van der Waals surface area contributed by atoms with Crippen LogP contribution < -0.4 is 0 Å². The molecule has 1 rings (SSSR count). The molecule has 0 radical (unpaired) electrons. The van der Waals surface area contributed by atoms with Gasteiger partial charge in [-0.25, -0.2) is 0 Å². The first-order chi connectivity index (χ1) is 7.15. The summed E-state index contributed by atoms with van der Waals surface area (Å²) in [5, 5.41) is 0. The van der Waals surface area contributed by atoms with Crippen LogP contribution in [0.2, 0.25) is 0 Å². The first kappa shape index (κ1) is 12.2. The largest absolute Gasteiger partial charge is 0.469 e. The van der Waals surface area contributed by atoms with E-state index in [2.05, 4.69) is 9.55 Å². The van der Waals surface area contributed by atoms with Gasteiger partial charge in [0.1, 0.15) is 5.78 Å². The predicted molar refractivity (Wildman–Crippen MR) is 59.1 cm³/mol. The number of carbonyl (C=O) groups excluding carboxylic acids is 2. The maximum absolute atomic E-state index is 11.4. The van der Waals surface area contributed by atoms with Crippen LogP contribution in [-0.4, -0.2) is 44.2 Å². The zero-order valence-electron chi connectivity index (χ0n) is 9.49. The number of rotatable bonds is 5. The Labute approximate surface area is 91.4 Å².